The van der Waals surface area contributed by atoms with Crippen LogP contribution in [0.5, 0.6) is 0 Å². The number of allylic oxidation sites excluding steroid dienone is 3. The number of nitrogens with one attached hydrogen (secondary N) is 3. The van der Waals surface area contributed by atoms with E-state index in [0.29, 0.717) is 12.8 Å². The molecule has 6 rings (SSSR count). The molecule has 6 heterocycles. The lowest BCUT2D eigenvalue weighted by atomic mass is 9.88. The molecule has 6 aliphatic rings. The average molecular weight is 1820 g/mol. The third-order valence-corrected chi connectivity index (χ3v) is 24.4. The lowest BCUT2D eigenvalue weighted by Crippen LogP contribution is -2.71. The summed E-state index contributed by atoms with van der Waals surface area (Å²) in [5.74, 6) is -7.52. The van der Waals surface area contributed by atoms with E-state index < -0.39 is 272 Å². The molecule has 6 saturated heterocycles. The molecule has 126 heavy (non-hydrogen) atoms. The summed E-state index contributed by atoms with van der Waals surface area (Å²) >= 11 is 0. The van der Waals surface area contributed by atoms with Crippen molar-refractivity contribution >= 4 is 23.7 Å². The first-order chi connectivity index (χ1) is 60.5. The summed E-state index contributed by atoms with van der Waals surface area (Å²) in [7, 11) is 0. The molecule has 0 aliphatic carbocycles. The number of ether oxygens (including phenoxy) is 12. The third kappa shape index (κ3) is 34.5. The van der Waals surface area contributed by atoms with Gasteiger partial charge in [-0.3, -0.25) is 14.4 Å². The molecule has 39 nitrogen and oxygen atoms in total. The van der Waals surface area contributed by atoms with Gasteiger partial charge in [-0.1, -0.05) is 205 Å². The Morgan fingerprint density at radius 3 is 1.21 bits per heavy atom. The summed E-state index contributed by atoms with van der Waals surface area (Å²) < 4.78 is 70.8. The lowest BCUT2D eigenvalue weighted by molar-refractivity contribution is -0.393. The molecule has 39 heteroatoms. The second kappa shape index (κ2) is 59.7. The van der Waals surface area contributed by atoms with E-state index in [1.165, 1.54) is 141 Å². The van der Waals surface area contributed by atoms with Crippen LogP contribution in [0.1, 0.15) is 252 Å². The number of hydrogen-bond acceptors (Lipinski definition) is 35. The second-order valence-electron chi connectivity index (χ2n) is 34.5. The van der Waals surface area contributed by atoms with Crippen molar-refractivity contribution in [2.24, 2.45) is 0 Å². The van der Waals surface area contributed by atoms with Gasteiger partial charge in [0.2, 0.25) is 17.7 Å². The number of aliphatic hydroxyl groups excluding tert-OH is 19. The van der Waals surface area contributed by atoms with Gasteiger partial charge in [0.25, 0.3) is 5.79 Å². The van der Waals surface area contributed by atoms with Crippen molar-refractivity contribution < 1.29 is 178 Å². The molecule has 0 aromatic rings. The highest BCUT2D eigenvalue weighted by Crippen LogP contribution is 2.41. The van der Waals surface area contributed by atoms with Crippen LogP contribution in [0.4, 0.5) is 0 Å². The highest BCUT2D eigenvalue weighted by Gasteiger charge is 2.62. The summed E-state index contributed by atoms with van der Waals surface area (Å²) in [5.41, 5.74) is 0. The Morgan fingerprint density at radius 2 is 0.778 bits per heavy atom. The molecular weight excluding hydrogens is 1660 g/mol. The summed E-state index contributed by atoms with van der Waals surface area (Å²) in [4.78, 5) is 52.2. The number of amides is 3. The van der Waals surface area contributed by atoms with Crippen molar-refractivity contribution in [3.05, 3.63) is 24.3 Å². The fraction of sp³-hybridized carbons (Fsp3) is 0.908. The smallest absolute Gasteiger partial charge is 0.364 e. The van der Waals surface area contributed by atoms with E-state index in [2.05, 4.69) is 41.9 Å². The SMILES string of the molecule is CCCCCCCC/C=C\CCCCCCCCCCCCCCCC(=O)N[C@@H](CO[C@@H]1OC(CO)[C@@H](O[C@@H]2OC(CO)[C@H](O)[C@H](O[C@H]3OC(CO)[C@H](O)[C@H](O[C@@H]4OC(CO)[C@H](O)[C@H](O[C@@H]5OC(CO)[C@H](O)[C@H](O[C@]6(C(=O)O)CC(O)[C@@H](NC(C)=O)C([C@H](O)[C@H](O)CO)O6)C5O)C4NC(C)=O)C3O)C2O)[C@H](O)C1O)[C@H](O)/C=C/CCCCCCCCCCCCC. The average Bonchev–Trinajstić information content (AvgIpc) is 0.746. The van der Waals surface area contributed by atoms with E-state index in [1.54, 1.807) is 6.08 Å². The Hall–Kier alpha value is -3.88. The number of aliphatic carboxylic acids is 1. The number of hydrogen-bond donors (Lipinski definition) is 23. The van der Waals surface area contributed by atoms with E-state index in [4.69, 9.17) is 56.8 Å². The van der Waals surface area contributed by atoms with Crippen molar-refractivity contribution in [3.63, 3.8) is 0 Å². The molecular formula is C87H155N3O36. The minimum absolute atomic E-state index is 0.155. The standard InChI is InChI=1S/C87H155N3O36/c1-5-7-9-11-13-15-17-19-20-21-22-23-24-25-26-27-28-30-32-34-36-38-40-42-62(102)90-53(54(99)41-39-37-35-33-31-29-18-16-14-12-10-8-6-2)50-115-82-71(109)70(108)75(61(49-96)120-82)121-83-73(111)79(68(106)59(47-94)117-83)124-84-72(110)78(67(105)58(46-93)118-84)123-81-64(89-52(4)98)76(66(104)57(45-92)116-81)122-85-74(112)80(69(107)60(48-95)119-85)126-87(86(113)114)43-55(100)63(88-51(3)97)77(125-87)65(103)56(101)44-91/h19-20,39,41,53-61,63-85,91-96,99-101,103-112H,5-18,21-38,40,42-50H2,1-4H3,(H,88,97)(H,89,98)(H,90,102)(H,113,114)/b20-19-,41-39+/t53-,54+,55?,56+,57?,58?,59?,60?,61?,63+,64?,65+,66-,67-,68-,69-,70+,71?,72?,73?,74?,75+,76+,77?,78-,79-,80-,81-,82+,83-,84+,85-,87-/m0/s1. The van der Waals surface area contributed by atoms with Gasteiger partial charge in [0.1, 0.15) is 140 Å². The van der Waals surface area contributed by atoms with Gasteiger partial charge in [0.05, 0.1) is 70.5 Å². The van der Waals surface area contributed by atoms with Crippen LogP contribution < -0.4 is 16.0 Å². The van der Waals surface area contributed by atoms with Gasteiger partial charge in [0.15, 0.2) is 31.5 Å². The summed E-state index contributed by atoms with van der Waals surface area (Å²) in [6, 6.07) is -4.76. The number of rotatable bonds is 62. The van der Waals surface area contributed by atoms with Gasteiger partial charge in [-0.05, 0) is 44.9 Å². The van der Waals surface area contributed by atoms with Crippen molar-refractivity contribution in [2.45, 2.75) is 454 Å². The molecule has 6 fully saturated rings. The van der Waals surface area contributed by atoms with Crippen molar-refractivity contribution in [1.82, 2.24) is 16.0 Å². The maximum Gasteiger partial charge on any atom is 0.364 e. The molecule has 0 saturated carbocycles. The second-order valence-corrected chi connectivity index (χ2v) is 34.5. The molecule has 0 aromatic carbocycles. The van der Waals surface area contributed by atoms with E-state index in [9.17, 15) is 121 Å². The maximum atomic E-state index is 13.6. The Morgan fingerprint density at radius 1 is 0.413 bits per heavy atom. The topological polar surface area (TPSA) is 620 Å². The highest BCUT2D eigenvalue weighted by atomic mass is 16.8. The van der Waals surface area contributed by atoms with Gasteiger partial charge in [-0.15, -0.1) is 0 Å². The van der Waals surface area contributed by atoms with Gasteiger partial charge in [-0.25, -0.2) is 4.79 Å². The predicted octanol–water partition coefficient (Wildman–Crippen LogP) is -0.321. The maximum absolute atomic E-state index is 13.6. The van der Waals surface area contributed by atoms with Crippen LogP contribution in [0.3, 0.4) is 0 Å². The van der Waals surface area contributed by atoms with E-state index >= 15 is 0 Å². The Labute approximate surface area is 739 Å². The summed E-state index contributed by atoms with van der Waals surface area (Å²) in [5, 5.41) is 232. The van der Waals surface area contributed by atoms with Crippen LogP contribution >= 0.6 is 0 Å². The van der Waals surface area contributed by atoms with E-state index in [-0.39, 0.29) is 12.3 Å². The Bertz CT molecular complexity index is 3030. The van der Waals surface area contributed by atoms with Crippen LogP contribution in [0.15, 0.2) is 24.3 Å². The van der Waals surface area contributed by atoms with Crippen molar-refractivity contribution in [2.75, 3.05) is 46.2 Å². The minimum Gasteiger partial charge on any atom is -0.477 e. The van der Waals surface area contributed by atoms with Crippen LogP contribution in [0.2, 0.25) is 0 Å². The molecule has 3 amide bonds. The predicted molar refractivity (Wildman–Crippen MR) is 448 cm³/mol. The zero-order chi connectivity index (χ0) is 92.4. The van der Waals surface area contributed by atoms with Gasteiger partial charge < -0.3 is 175 Å². The van der Waals surface area contributed by atoms with Crippen molar-refractivity contribution in [1.29, 1.82) is 0 Å². The molecule has 0 aromatic heterocycles. The normalized spacial score (nSPS) is 34.9. The largest absolute Gasteiger partial charge is 0.477 e. The fourth-order valence-corrected chi connectivity index (χ4v) is 16.9. The Balaban J connectivity index is 1.09. The summed E-state index contributed by atoms with van der Waals surface area (Å²) in [6.45, 7) is -0.705. The number of unbranched alkanes of at least 4 members (excludes halogenated alkanes) is 30. The zero-order valence-electron chi connectivity index (χ0n) is 74.0. The summed E-state index contributed by atoms with van der Waals surface area (Å²) in [6.07, 6.45) is -14.7. The first-order valence-electron chi connectivity index (χ1n) is 46.3. The first-order valence-corrected chi connectivity index (χ1v) is 46.3. The molecule has 12 unspecified atom stereocenters. The number of carbonyl (C=O) groups excluding carboxylic acids is 3. The van der Waals surface area contributed by atoms with Gasteiger partial charge >= 0.3 is 5.97 Å². The van der Waals surface area contributed by atoms with Gasteiger partial charge in [0, 0.05) is 26.7 Å². The van der Waals surface area contributed by atoms with Gasteiger partial charge in [-0.2, -0.15) is 0 Å². The molecule has 33 atom stereocenters. The van der Waals surface area contributed by atoms with Crippen LogP contribution in [0, 0.1) is 0 Å². The molecule has 6 aliphatic heterocycles. The van der Waals surface area contributed by atoms with Crippen molar-refractivity contribution in [3.8, 4) is 0 Å². The third-order valence-electron chi connectivity index (χ3n) is 24.4. The molecule has 0 spiro atoms. The number of aliphatic hydroxyl groups is 19. The monoisotopic (exact) mass is 1820 g/mol. The first kappa shape index (κ1) is 111. The van der Waals surface area contributed by atoms with E-state index in [0.717, 1.165) is 71.6 Å². The number of carbonyl (C=O) groups is 4. The van der Waals surface area contributed by atoms with Crippen LogP contribution in [-0.2, 0) is 76.0 Å². The fourth-order valence-electron chi connectivity index (χ4n) is 16.9. The molecule has 734 valence electrons. The van der Waals surface area contributed by atoms with E-state index in [1.807, 2.05) is 6.08 Å². The molecule has 0 bridgehead atoms. The molecule has 0 radical (unpaired) electrons. The quantitative estimate of drug-likeness (QED) is 0.0274. The lowest BCUT2D eigenvalue weighted by Gasteiger charge is -2.51. The minimum atomic E-state index is -3.25. The highest BCUT2D eigenvalue weighted by molar-refractivity contribution is 5.77. The van der Waals surface area contributed by atoms with Crippen LogP contribution in [0.25, 0.3) is 0 Å². The van der Waals surface area contributed by atoms with Crippen LogP contribution in [-0.4, -0.2) is 374 Å². The zero-order valence-corrected chi connectivity index (χ0v) is 74.0. The number of carboxylic acids is 1. The number of carboxylic acid groups (broad SMARTS) is 1. The molecule has 23 N–H and O–H groups in total. The Kier molecular flexibility index (Phi) is 52.5.